The van der Waals surface area contributed by atoms with E-state index in [1.54, 1.807) is 0 Å². The molecule has 0 aliphatic carbocycles. The first-order valence-electron chi connectivity index (χ1n) is 0. The molecule has 0 unspecified atom stereocenters. The van der Waals surface area contributed by atoms with Crippen LogP contribution in [-0.2, 0) is 59.8 Å². The van der Waals surface area contributed by atoms with Crippen molar-refractivity contribution in [3.8, 4) is 0 Å². The zero-order valence-corrected chi connectivity index (χ0v) is 5.51. The largest absolute Gasteiger partial charge is 0.187 e. The van der Waals surface area contributed by atoms with E-state index < -0.39 is 0 Å². The maximum atomic E-state index is 0. The van der Waals surface area contributed by atoms with E-state index in [1.807, 2.05) is 0 Å². The van der Waals surface area contributed by atoms with Gasteiger partial charge in [-0.25, -0.2) is 0 Å². The minimum atomic E-state index is 0. The molecule has 0 atom stereocenters. The molecule has 0 bridgehead atoms. The van der Waals surface area contributed by atoms with Crippen molar-refractivity contribution in [2.24, 2.45) is 0 Å². The van der Waals surface area contributed by atoms with Crippen molar-refractivity contribution in [3.63, 3.8) is 0 Å². The first-order valence-corrected chi connectivity index (χ1v) is 0. The molecule has 0 saturated carbocycles. The molecule has 4 heteroatoms. The molecule has 0 aliphatic rings. The predicted octanol–water partition coefficient (Wildman–Crippen LogP) is -1.19. The van der Waals surface area contributed by atoms with E-state index in [2.05, 4.69) is 0 Å². The van der Waals surface area contributed by atoms with Gasteiger partial charge >= 0.3 is 0 Å². The van der Waals surface area contributed by atoms with E-state index >= 15 is 0 Å². The van der Waals surface area contributed by atoms with Crippen LogP contribution in [0.15, 0.2) is 0 Å². The first kappa shape index (κ1) is 32.1. The Morgan fingerprint density at radius 1 is 1.00 bits per heavy atom. The SMILES string of the molecule is [AlH3].[Cu].[Ni].[Zr]. The summed E-state index contributed by atoms with van der Waals surface area (Å²) in [5.41, 5.74) is 0. The molecule has 4 heavy (non-hydrogen) atoms. The minimum absolute atomic E-state index is 0. The second-order valence-corrected chi connectivity index (χ2v) is 0. The van der Waals surface area contributed by atoms with Gasteiger partial charge in [0, 0.05) is 59.8 Å². The smallest absolute Gasteiger partial charge is 0 e. The molecular weight excluding hydrogens is 240 g/mol. The van der Waals surface area contributed by atoms with Crippen molar-refractivity contribution in [1.82, 2.24) is 0 Å². The summed E-state index contributed by atoms with van der Waals surface area (Å²) in [6.07, 6.45) is 0. The topological polar surface area (TPSA) is 0 Å². The van der Waals surface area contributed by atoms with E-state index in [9.17, 15) is 0 Å². The van der Waals surface area contributed by atoms with Crippen LogP contribution in [0.3, 0.4) is 0 Å². The Bertz CT molecular complexity index is 8.00. The maximum Gasteiger partial charge on any atom is 0.187 e. The summed E-state index contributed by atoms with van der Waals surface area (Å²) < 4.78 is 0. The van der Waals surface area contributed by atoms with Crippen LogP contribution in [0.4, 0.5) is 0 Å². The van der Waals surface area contributed by atoms with E-state index in [0.717, 1.165) is 0 Å². The Hall–Kier alpha value is 2.43. The van der Waals surface area contributed by atoms with Crippen molar-refractivity contribution in [2.45, 2.75) is 0 Å². The van der Waals surface area contributed by atoms with E-state index in [-0.39, 0.29) is 77.1 Å². The van der Waals surface area contributed by atoms with Crippen LogP contribution in [0.1, 0.15) is 0 Å². The van der Waals surface area contributed by atoms with Gasteiger partial charge in [-0.05, 0) is 0 Å². The Morgan fingerprint density at radius 3 is 1.00 bits per heavy atom. The summed E-state index contributed by atoms with van der Waals surface area (Å²) >= 11 is 0. The molecule has 0 spiro atoms. The van der Waals surface area contributed by atoms with Crippen LogP contribution >= 0.6 is 0 Å². The first-order chi connectivity index (χ1) is 0. The molecule has 0 amide bonds. The Balaban J connectivity index is 0. The van der Waals surface area contributed by atoms with Gasteiger partial charge in [-0.1, -0.05) is 0 Å². The summed E-state index contributed by atoms with van der Waals surface area (Å²) in [4.78, 5) is 0. The van der Waals surface area contributed by atoms with Gasteiger partial charge < -0.3 is 0 Å². The van der Waals surface area contributed by atoms with Crippen molar-refractivity contribution >= 4 is 17.4 Å². The van der Waals surface area contributed by atoms with Gasteiger partial charge in [0.1, 0.15) is 0 Å². The van der Waals surface area contributed by atoms with E-state index in [0.29, 0.717) is 0 Å². The number of rotatable bonds is 0. The molecule has 0 rings (SSSR count). The Morgan fingerprint density at radius 2 is 1.00 bits per heavy atom. The fourth-order valence-electron chi connectivity index (χ4n) is 0. The second-order valence-electron chi connectivity index (χ2n) is 0. The summed E-state index contributed by atoms with van der Waals surface area (Å²) in [6.45, 7) is 0. The molecule has 1 radical (unpaired) electrons. The van der Waals surface area contributed by atoms with Crippen molar-refractivity contribution < 1.29 is 59.8 Å². The molecular formula is H3AlCuNiZr. The molecule has 31 valence electrons. The van der Waals surface area contributed by atoms with Crippen molar-refractivity contribution in [3.05, 3.63) is 0 Å². The van der Waals surface area contributed by atoms with Gasteiger partial charge in [-0.3, -0.25) is 0 Å². The molecule has 0 saturated heterocycles. The van der Waals surface area contributed by atoms with Crippen molar-refractivity contribution in [2.75, 3.05) is 0 Å². The number of hydrogen-bond acceptors (Lipinski definition) is 0. The van der Waals surface area contributed by atoms with Crippen LogP contribution in [0, 0.1) is 0 Å². The van der Waals surface area contributed by atoms with Crippen LogP contribution in [0.2, 0.25) is 0 Å². The van der Waals surface area contributed by atoms with Gasteiger partial charge in [-0.15, -0.1) is 0 Å². The van der Waals surface area contributed by atoms with Gasteiger partial charge in [0.15, 0.2) is 17.4 Å². The summed E-state index contributed by atoms with van der Waals surface area (Å²) in [6, 6.07) is 0. The van der Waals surface area contributed by atoms with Gasteiger partial charge in [-0.2, -0.15) is 0 Å². The number of hydrogen-bond donors (Lipinski definition) is 0. The second kappa shape index (κ2) is 18.1. The molecule has 0 aromatic carbocycles. The molecule has 0 aromatic rings. The summed E-state index contributed by atoms with van der Waals surface area (Å²) in [5, 5.41) is 0. The maximum absolute atomic E-state index is 0. The monoisotopic (exact) mass is 241 g/mol. The molecule has 0 fully saturated rings. The molecule has 0 aliphatic heterocycles. The molecule has 0 nitrogen and oxygen atoms in total. The quantitative estimate of drug-likeness (QED) is 0.469. The van der Waals surface area contributed by atoms with Crippen molar-refractivity contribution in [1.29, 1.82) is 0 Å². The summed E-state index contributed by atoms with van der Waals surface area (Å²) in [5.74, 6) is 0. The van der Waals surface area contributed by atoms with E-state index in [1.165, 1.54) is 0 Å². The van der Waals surface area contributed by atoms with Crippen LogP contribution in [0.5, 0.6) is 0 Å². The Kier molecular flexibility index (Phi) is 145. The Labute approximate surface area is 76.1 Å². The third-order valence-electron chi connectivity index (χ3n) is 0. The standard InChI is InChI=1S/Al.Cu.Ni.Zr.3H. The van der Waals surface area contributed by atoms with Gasteiger partial charge in [0.05, 0.1) is 0 Å². The average Bonchev–Trinajstić information content (AvgIpc) is 0. The van der Waals surface area contributed by atoms with Crippen LogP contribution in [-0.4, -0.2) is 17.4 Å². The molecule has 0 aromatic heterocycles. The normalized spacial score (nSPS) is 0. The predicted molar refractivity (Wildman–Crippen MR) is 9.94 cm³/mol. The minimum Gasteiger partial charge on any atom is 0 e. The third-order valence-corrected chi connectivity index (χ3v) is 0. The average molecular weight is 243 g/mol. The van der Waals surface area contributed by atoms with Crippen LogP contribution in [0.25, 0.3) is 0 Å². The summed E-state index contributed by atoms with van der Waals surface area (Å²) in [7, 11) is 0. The van der Waals surface area contributed by atoms with Crippen LogP contribution < -0.4 is 0 Å². The van der Waals surface area contributed by atoms with E-state index in [4.69, 9.17) is 0 Å². The molecule has 0 heterocycles. The zero-order chi connectivity index (χ0) is 0. The molecule has 0 N–H and O–H groups in total. The fourth-order valence-corrected chi connectivity index (χ4v) is 0. The third kappa shape index (κ3) is 8.83. The zero-order valence-electron chi connectivity index (χ0n) is 1.12. The fraction of sp³-hybridized carbons (Fsp3) is 0. The van der Waals surface area contributed by atoms with Gasteiger partial charge in [0.25, 0.3) is 0 Å². The van der Waals surface area contributed by atoms with Gasteiger partial charge in [0.2, 0.25) is 0 Å².